The van der Waals surface area contributed by atoms with Gasteiger partial charge in [-0.15, -0.1) is 0 Å². The molecule has 3 N–H and O–H groups in total. The molecule has 0 saturated heterocycles. The molecule has 0 aliphatic rings. The quantitative estimate of drug-likeness (QED) is 0.519. The number of nitro benzene ring substituents is 1. The van der Waals surface area contributed by atoms with Crippen molar-refractivity contribution < 1.29 is 15.0 Å². The van der Waals surface area contributed by atoms with Gasteiger partial charge in [0.2, 0.25) is 0 Å². The molecule has 6 nitrogen and oxygen atoms in total. The van der Waals surface area contributed by atoms with Crippen molar-refractivity contribution in [2.45, 2.75) is 19.9 Å². The lowest BCUT2D eigenvalue weighted by molar-refractivity contribution is -0.682. The number of nitrogens with two attached hydrogens (primary N) is 1. The van der Waals surface area contributed by atoms with Gasteiger partial charge in [0.15, 0.2) is 6.54 Å². The third-order valence-corrected chi connectivity index (χ3v) is 4.68. The molecule has 0 spiro atoms. The van der Waals surface area contributed by atoms with Gasteiger partial charge in [-0.3, -0.25) is 14.9 Å². The minimum absolute atomic E-state index is 0.0775. The van der Waals surface area contributed by atoms with Crippen LogP contribution in [0.1, 0.15) is 24.1 Å². The van der Waals surface area contributed by atoms with E-state index >= 15 is 0 Å². The molecular formula is C21H22N3O3+. The van der Waals surface area contributed by atoms with Gasteiger partial charge in [0.05, 0.1) is 4.92 Å². The first kappa shape index (κ1) is 18.5. The first-order valence-corrected chi connectivity index (χ1v) is 8.82. The summed E-state index contributed by atoms with van der Waals surface area (Å²) in [4.78, 5) is 23.1. The van der Waals surface area contributed by atoms with Crippen LogP contribution in [0.15, 0.2) is 60.7 Å². The molecule has 0 radical (unpaired) electrons. The fraction of sp³-hybridized carbons (Fsp3) is 0.190. The van der Waals surface area contributed by atoms with Gasteiger partial charge < -0.3 is 10.6 Å². The topological polar surface area (TPSA) is 88.9 Å². The zero-order chi connectivity index (χ0) is 19.4. The smallest absolute Gasteiger partial charge is 0.293 e. The zero-order valence-corrected chi connectivity index (χ0v) is 15.3. The van der Waals surface area contributed by atoms with Crippen LogP contribution in [0, 0.1) is 17.0 Å². The molecule has 138 valence electrons. The van der Waals surface area contributed by atoms with Crippen molar-refractivity contribution in [2.24, 2.45) is 0 Å². The van der Waals surface area contributed by atoms with Gasteiger partial charge in [-0.25, -0.2) is 0 Å². The maximum absolute atomic E-state index is 12.4. The summed E-state index contributed by atoms with van der Waals surface area (Å²) in [6.45, 7) is 3.96. The molecule has 0 fully saturated rings. The third kappa shape index (κ3) is 4.12. The Bertz CT molecular complexity index is 996. The number of benzene rings is 3. The molecule has 3 rings (SSSR count). The Morgan fingerprint density at radius 3 is 2.59 bits per heavy atom. The normalized spacial score (nSPS) is 11.9. The van der Waals surface area contributed by atoms with Gasteiger partial charge >= 0.3 is 0 Å². The van der Waals surface area contributed by atoms with E-state index in [1.807, 2.05) is 30.4 Å². The van der Waals surface area contributed by atoms with Gasteiger partial charge in [0, 0.05) is 11.6 Å². The SMILES string of the molecule is Cc1cccc([N+](=O)[O-])c1NC(=O)C[NH2+][C@H](C)c1cccc2ccccc12. The lowest BCUT2D eigenvalue weighted by atomic mass is 10.00. The molecule has 27 heavy (non-hydrogen) atoms. The van der Waals surface area contributed by atoms with Crippen molar-refractivity contribution in [1.82, 2.24) is 0 Å². The summed E-state index contributed by atoms with van der Waals surface area (Å²) >= 11 is 0. The molecule has 1 amide bonds. The second kappa shape index (κ2) is 7.97. The Labute approximate surface area is 157 Å². The lowest BCUT2D eigenvalue weighted by Crippen LogP contribution is -2.86. The van der Waals surface area contributed by atoms with Crippen LogP contribution >= 0.6 is 0 Å². The second-order valence-corrected chi connectivity index (χ2v) is 6.57. The average Bonchev–Trinajstić information content (AvgIpc) is 2.67. The number of rotatable bonds is 6. The van der Waals surface area contributed by atoms with E-state index in [2.05, 4.69) is 29.6 Å². The van der Waals surface area contributed by atoms with Crippen LogP contribution in [0.4, 0.5) is 11.4 Å². The van der Waals surface area contributed by atoms with Crippen molar-refractivity contribution in [1.29, 1.82) is 0 Å². The monoisotopic (exact) mass is 364 g/mol. The predicted octanol–water partition coefficient (Wildman–Crippen LogP) is 3.32. The van der Waals surface area contributed by atoms with Gasteiger partial charge in [-0.2, -0.15) is 0 Å². The van der Waals surface area contributed by atoms with E-state index < -0.39 is 4.92 Å². The number of para-hydroxylation sites is 1. The van der Waals surface area contributed by atoms with Crippen molar-refractivity contribution in [2.75, 3.05) is 11.9 Å². The summed E-state index contributed by atoms with van der Waals surface area (Å²) in [5, 5.41) is 18.1. The van der Waals surface area contributed by atoms with Crippen LogP contribution < -0.4 is 10.6 Å². The van der Waals surface area contributed by atoms with E-state index in [4.69, 9.17) is 0 Å². The van der Waals surface area contributed by atoms with Gasteiger partial charge in [-0.1, -0.05) is 54.6 Å². The van der Waals surface area contributed by atoms with E-state index in [1.54, 1.807) is 19.1 Å². The highest BCUT2D eigenvalue weighted by molar-refractivity contribution is 5.94. The van der Waals surface area contributed by atoms with E-state index in [1.165, 1.54) is 11.5 Å². The van der Waals surface area contributed by atoms with Gasteiger partial charge in [0.1, 0.15) is 11.7 Å². The predicted molar refractivity (Wildman–Crippen MR) is 106 cm³/mol. The molecule has 6 heteroatoms. The summed E-state index contributed by atoms with van der Waals surface area (Å²) in [6.07, 6.45) is 0. The number of hydrogen-bond acceptors (Lipinski definition) is 3. The number of nitro groups is 1. The van der Waals surface area contributed by atoms with Crippen molar-refractivity contribution in [3.05, 3.63) is 81.9 Å². The van der Waals surface area contributed by atoms with Crippen LogP contribution in [-0.4, -0.2) is 17.4 Å². The van der Waals surface area contributed by atoms with Crippen LogP contribution in [-0.2, 0) is 4.79 Å². The number of quaternary nitrogens is 1. The minimum Gasteiger partial charge on any atom is -0.332 e. The lowest BCUT2D eigenvalue weighted by Gasteiger charge is -2.14. The number of hydrogen-bond donors (Lipinski definition) is 2. The van der Waals surface area contributed by atoms with Crippen LogP contribution in [0.3, 0.4) is 0 Å². The molecule has 0 aromatic heterocycles. The molecule has 0 bridgehead atoms. The highest BCUT2D eigenvalue weighted by Crippen LogP contribution is 2.27. The first-order valence-electron chi connectivity index (χ1n) is 8.82. The number of anilines is 1. The van der Waals surface area contributed by atoms with Gasteiger partial charge in [0.25, 0.3) is 11.6 Å². The fourth-order valence-electron chi connectivity index (χ4n) is 3.22. The zero-order valence-electron chi connectivity index (χ0n) is 15.3. The number of nitrogens with one attached hydrogen (secondary N) is 1. The maximum atomic E-state index is 12.4. The minimum atomic E-state index is -0.481. The average molecular weight is 364 g/mol. The van der Waals surface area contributed by atoms with E-state index in [-0.39, 0.29) is 29.9 Å². The number of carbonyl (C=O) groups excluding carboxylic acids is 1. The maximum Gasteiger partial charge on any atom is 0.293 e. The second-order valence-electron chi connectivity index (χ2n) is 6.57. The Morgan fingerprint density at radius 2 is 1.81 bits per heavy atom. The molecule has 3 aromatic carbocycles. The van der Waals surface area contributed by atoms with E-state index in [0.29, 0.717) is 5.56 Å². The standard InChI is InChI=1S/C21H21N3O3/c1-14-7-5-12-19(24(26)27)21(14)23-20(25)13-22-15(2)17-11-6-9-16-8-3-4-10-18(16)17/h3-12,15,22H,13H2,1-2H3,(H,23,25)/p+1/t15-/m1/s1. The van der Waals surface area contributed by atoms with Crippen LogP contribution in [0.5, 0.6) is 0 Å². The van der Waals surface area contributed by atoms with Crippen LogP contribution in [0.2, 0.25) is 0 Å². The molecule has 0 aliphatic heterocycles. The highest BCUT2D eigenvalue weighted by Gasteiger charge is 2.19. The largest absolute Gasteiger partial charge is 0.332 e. The Hall–Kier alpha value is -3.25. The number of carbonyl (C=O) groups is 1. The molecule has 0 saturated carbocycles. The molecule has 0 heterocycles. The van der Waals surface area contributed by atoms with Crippen molar-refractivity contribution in [3.63, 3.8) is 0 Å². The van der Waals surface area contributed by atoms with Crippen LogP contribution in [0.25, 0.3) is 10.8 Å². The van der Waals surface area contributed by atoms with E-state index in [0.717, 1.165) is 10.9 Å². The Balaban J connectivity index is 1.70. The number of nitrogens with zero attached hydrogens (tertiary/aromatic N) is 1. The summed E-state index contributed by atoms with van der Waals surface area (Å²) in [7, 11) is 0. The first-order chi connectivity index (χ1) is 13.0. The van der Waals surface area contributed by atoms with Gasteiger partial charge in [-0.05, 0) is 30.2 Å². The summed E-state index contributed by atoms with van der Waals surface area (Å²) in [5.41, 5.74) is 1.99. The summed E-state index contributed by atoms with van der Waals surface area (Å²) in [6, 6.07) is 19.1. The highest BCUT2D eigenvalue weighted by atomic mass is 16.6. The summed E-state index contributed by atoms with van der Waals surface area (Å²) in [5.74, 6) is -0.264. The molecule has 0 unspecified atom stereocenters. The van der Waals surface area contributed by atoms with E-state index in [9.17, 15) is 14.9 Å². The fourth-order valence-corrected chi connectivity index (χ4v) is 3.22. The Morgan fingerprint density at radius 1 is 1.11 bits per heavy atom. The third-order valence-electron chi connectivity index (χ3n) is 4.68. The molecular weight excluding hydrogens is 342 g/mol. The summed E-state index contributed by atoms with van der Waals surface area (Å²) < 4.78 is 0. The van der Waals surface area contributed by atoms with Crippen molar-refractivity contribution in [3.8, 4) is 0 Å². The van der Waals surface area contributed by atoms with Crippen molar-refractivity contribution >= 4 is 28.1 Å². The number of aryl methyl sites for hydroxylation is 1. The Kier molecular flexibility index (Phi) is 5.47. The number of fused-ring (bicyclic) bond motifs is 1. The molecule has 0 aliphatic carbocycles. The molecule has 3 aromatic rings. The molecule has 1 atom stereocenters. The number of amides is 1.